The molecule has 7 nitrogen and oxygen atoms in total. The maximum atomic E-state index is 12.3. The molecule has 1 aromatic carbocycles. The van der Waals surface area contributed by atoms with Crippen LogP contribution in [0.5, 0.6) is 0 Å². The summed E-state index contributed by atoms with van der Waals surface area (Å²) in [6.45, 7) is 3.52. The fourth-order valence-corrected chi connectivity index (χ4v) is 2.79. The Labute approximate surface area is 148 Å². The zero-order chi connectivity index (χ0) is 17.8. The number of carbonyl (C=O) groups is 1. The maximum Gasteiger partial charge on any atom is 0.277 e. The van der Waals surface area contributed by atoms with Crippen molar-refractivity contribution in [3.05, 3.63) is 47.9 Å². The predicted octanol–water partition coefficient (Wildman–Crippen LogP) is 3.63. The third-order valence-electron chi connectivity index (χ3n) is 3.45. The summed E-state index contributed by atoms with van der Waals surface area (Å²) in [6, 6.07) is 10.6. The van der Waals surface area contributed by atoms with Crippen molar-refractivity contribution in [2.24, 2.45) is 0 Å². The number of rotatable bonds is 5. The normalized spacial score (nSPS) is 11.7. The second-order valence-electron chi connectivity index (χ2n) is 5.17. The van der Waals surface area contributed by atoms with Crippen LogP contribution in [0.1, 0.15) is 18.2 Å². The lowest BCUT2D eigenvalue weighted by Crippen LogP contribution is -2.22. The van der Waals surface area contributed by atoms with Crippen molar-refractivity contribution < 1.29 is 13.6 Å². The molecule has 0 aliphatic rings. The molecule has 0 saturated carbocycles. The van der Waals surface area contributed by atoms with Gasteiger partial charge in [-0.1, -0.05) is 23.9 Å². The predicted molar refractivity (Wildman–Crippen MR) is 91.8 cm³/mol. The molecule has 0 unspecified atom stereocenters. The van der Waals surface area contributed by atoms with Crippen molar-refractivity contribution >= 4 is 23.4 Å². The first kappa shape index (κ1) is 16.8. The molecule has 0 fully saturated rings. The topological polar surface area (TPSA) is 105 Å². The molecule has 1 N–H and O–H groups in total. The van der Waals surface area contributed by atoms with E-state index in [1.54, 1.807) is 50.4 Å². The lowest BCUT2D eigenvalue weighted by molar-refractivity contribution is -0.115. The lowest BCUT2D eigenvalue weighted by Gasteiger charge is -2.10. The highest BCUT2D eigenvalue weighted by atomic mass is 32.2. The van der Waals surface area contributed by atoms with Crippen LogP contribution in [-0.4, -0.2) is 21.4 Å². The van der Waals surface area contributed by atoms with Crippen molar-refractivity contribution in [3.8, 4) is 17.5 Å². The fraction of sp³-hybridized carbons (Fsp3) is 0.176. The number of aromatic nitrogens is 2. The first-order valence-electron chi connectivity index (χ1n) is 7.43. The first-order valence-corrected chi connectivity index (χ1v) is 8.31. The van der Waals surface area contributed by atoms with E-state index in [4.69, 9.17) is 14.1 Å². The minimum Gasteiger partial charge on any atom is -0.469 e. The summed E-state index contributed by atoms with van der Waals surface area (Å²) in [7, 11) is 0. The Morgan fingerprint density at radius 3 is 2.84 bits per heavy atom. The van der Waals surface area contributed by atoms with E-state index < -0.39 is 5.25 Å². The molecule has 0 aliphatic heterocycles. The molecular weight excluding hydrogens is 340 g/mol. The second-order valence-corrected chi connectivity index (χ2v) is 6.46. The van der Waals surface area contributed by atoms with Crippen LogP contribution in [0, 0.1) is 18.3 Å². The fourth-order valence-electron chi connectivity index (χ4n) is 2.10. The molecule has 0 radical (unpaired) electrons. The average Bonchev–Trinajstić information content (AvgIpc) is 3.23. The number of benzene rings is 1. The van der Waals surface area contributed by atoms with Gasteiger partial charge in [0.2, 0.25) is 5.91 Å². The van der Waals surface area contributed by atoms with E-state index in [2.05, 4.69) is 15.5 Å². The van der Waals surface area contributed by atoms with Gasteiger partial charge in [-0.3, -0.25) is 4.79 Å². The molecule has 0 spiro atoms. The number of nitriles is 1. The van der Waals surface area contributed by atoms with Crippen molar-refractivity contribution in [2.75, 3.05) is 5.32 Å². The summed E-state index contributed by atoms with van der Waals surface area (Å²) in [5.41, 5.74) is 1.60. The number of nitrogens with one attached hydrogen (secondary N) is 1. The number of furan rings is 1. The Bertz CT molecular complexity index is 941. The number of anilines is 1. The minimum atomic E-state index is -0.481. The molecule has 2 heterocycles. The standard InChI is InChI=1S/C17H14N4O3S/c1-10-13(7-8-23-10)16-20-21-17(24-16)25-11(2)15(22)19-14-6-4-3-5-12(14)9-18/h3-8,11H,1-2H3,(H,19,22)/t11-/m0/s1. The molecular formula is C17H14N4O3S. The van der Waals surface area contributed by atoms with Crippen LogP contribution < -0.4 is 5.32 Å². The molecule has 1 amide bonds. The molecule has 2 aromatic heterocycles. The average molecular weight is 354 g/mol. The van der Waals surface area contributed by atoms with Crippen molar-refractivity contribution in [1.82, 2.24) is 10.2 Å². The number of hydrogen-bond acceptors (Lipinski definition) is 7. The third kappa shape index (κ3) is 3.72. The van der Waals surface area contributed by atoms with Gasteiger partial charge in [-0.15, -0.1) is 10.2 Å². The van der Waals surface area contributed by atoms with E-state index in [-0.39, 0.29) is 11.1 Å². The molecule has 0 saturated heterocycles. The van der Waals surface area contributed by atoms with Gasteiger partial charge in [0.1, 0.15) is 11.8 Å². The summed E-state index contributed by atoms with van der Waals surface area (Å²) >= 11 is 1.14. The summed E-state index contributed by atoms with van der Waals surface area (Å²) < 4.78 is 10.8. The SMILES string of the molecule is Cc1occc1-c1nnc(S[C@@H](C)C(=O)Nc2ccccc2C#N)o1. The highest BCUT2D eigenvalue weighted by Gasteiger charge is 2.20. The number of thioether (sulfide) groups is 1. The number of carbonyl (C=O) groups excluding carboxylic acids is 1. The van der Waals surface area contributed by atoms with Crippen molar-refractivity contribution in [1.29, 1.82) is 5.26 Å². The Morgan fingerprint density at radius 1 is 1.32 bits per heavy atom. The van der Waals surface area contributed by atoms with Gasteiger partial charge >= 0.3 is 0 Å². The zero-order valence-corrected chi connectivity index (χ0v) is 14.3. The van der Waals surface area contributed by atoms with Crippen LogP contribution in [0.3, 0.4) is 0 Å². The molecule has 3 rings (SSSR count). The van der Waals surface area contributed by atoms with Gasteiger partial charge in [0.15, 0.2) is 0 Å². The van der Waals surface area contributed by atoms with E-state index in [0.29, 0.717) is 22.9 Å². The smallest absolute Gasteiger partial charge is 0.277 e. The van der Waals surface area contributed by atoms with Crippen LogP contribution in [0.2, 0.25) is 0 Å². The van der Waals surface area contributed by atoms with Crippen LogP contribution in [0.25, 0.3) is 11.5 Å². The van der Waals surface area contributed by atoms with Gasteiger partial charge in [0, 0.05) is 0 Å². The monoisotopic (exact) mass is 354 g/mol. The summed E-state index contributed by atoms with van der Waals surface area (Å²) in [5.74, 6) is 0.766. The van der Waals surface area contributed by atoms with Crippen LogP contribution in [0.4, 0.5) is 5.69 Å². The van der Waals surface area contributed by atoms with E-state index >= 15 is 0 Å². The Balaban J connectivity index is 1.67. The highest BCUT2D eigenvalue weighted by molar-refractivity contribution is 8.00. The third-order valence-corrected chi connectivity index (χ3v) is 4.38. The molecule has 126 valence electrons. The largest absolute Gasteiger partial charge is 0.469 e. The van der Waals surface area contributed by atoms with E-state index in [0.717, 1.165) is 17.3 Å². The molecule has 3 aromatic rings. The lowest BCUT2D eigenvalue weighted by atomic mass is 10.2. The van der Waals surface area contributed by atoms with Gasteiger partial charge in [-0.2, -0.15) is 5.26 Å². The summed E-state index contributed by atoms with van der Waals surface area (Å²) in [6.07, 6.45) is 1.55. The highest BCUT2D eigenvalue weighted by Crippen LogP contribution is 2.28. The Kier molecular flexibility index (Phi) is 4.86. The number of hydrogen-bond donors (Lipinski definition) is 1. The molecule has 0 bridgehead atoms. The van der Waals surface area contributed by atoms with Gasteiger partial charge in [0.05, 0.1) is 28.3 Å². The van der Waals surface area contributed by atoms with Crippen LogP contribution in [-0.2, 0) is 4.79 Å². The Morgan fingerprint density at radius 2 is 2.12 bits per heavy atom. The van der Waals surface area contributed by atoms with E-state index in [1.807, 2.05) is 6.07 Å². The van der Waals surface area contributed by atoms with Crippen molar-refractivity contribution in [3.63, 3.8) is 0 Å². The number of para-hydroxylation sites is 1. The zero-order valence-electron chi connectivity index (χ0n) is 13.5. The molecule has 1 atom stereocenters. The summed E-state index contributed by atoms with van der Waals surface area (Å²) in [5, 5.41) is 19.5. The minimum absolute atomic E-state index is 0.257. The van der Waals surface area contributed by atoms with Crippen LogP contribution in [0.15, 0.2) is 50.7 Å². The molecule has 25 heavy (non-hydrogen) atoms. The van der Waals surface area contributed by atoms with Gasteiger partial charge < -0.3 is 14.2 Å². The van der Waals surface area contributed by atoms with Crippen LogP contribution >= 0.6 is 11.8 Å². The summed E-state index contributed by atoms with van der Waals surface area (Å²) in [4.78, 5) is 12.3. The number of amides is 1. The van der Waals surface area contributed by atoms with Gasteiger partial charge in [-0.25, -0.2) is 0 Å². The van der Waals surface area contributed by atoms with E-state index in [9.17, 15) is 4.79 Å². The second kappa shape index (κ2) is 7.23. The maximum absolute atomic E-state index is 12.3. The van der Waals surface area contributed by atoms with Gasteiger partial charge in [-0.05, 0) is 32.0 Å². The van der Waals surface area contributed by atoms with Crippen molar-refractivity contribution in [2.45, 2.75) is 24.3 Å². The Hall–Kier alpha value is -3.05. The number of nitrogens with zero attached hydrogens (tertiary/aromatic N) is 3. The van der Waals surface area contributed by atoms with Gasteiger partial charge in [0.25, 0.3) is 11.1 Å². The number of aryl methyl sites for hydroxylation is 1. The van der Waals surface area contributed by atoms with E-state index in [1.165, 1.54) is 0 Å². The molecule has 8 heteroatoms. The molecule has 0 aliphatic carbocycles. The quantitative estimate of drug-likeness (QED) is 0.697. The first-order chi connectivity index (χ1) is 12.1.